The van der Waals surface area contributed by atoms with Gasteiger partial charge < -0.3 is 10.2 Å². The number of fused-ring (bicyclic) bond motifs is 7. The van der Waals surface area contributed by atoms with E-state index in [9.17, 15) is 24.6 Å². The molecule has 1 aliphatic heterocycles. The van der Waals surface area contributed by atoms with Crippen LogP contribution in [0, 0.1) is 28.6 Å². The predicted octanol–water partition coefficient (Wildman–Crippen LogP) is 3.49. The number of hydrogen-bond donors (Lipinski definition) is 2. The number of allylic oxidation sites excluding steroid dienone is 4. The standard InChI is InChI=1S/C30H33F2NO6/c1-16(35)17-4-6-19(7-5-17)33-14-18-10-21-22-12-24(31)23-11-20(36)8-9-27(23,2)29(22,32)25(37)13-28(21,3)30(18,39-33)26(38)15-34/h4-9,11,18,21-22,24-25,34,37H,10,12-15H2,1-3H3/t18-,21-,22-,24-,25-,27-,28-,29-,30-/m0/s1. The van der Waals surface area contributed by atoms with E-state index in [0.29, 0.717) is 17.7 Å². The van der Waals surface area contributed by atoms with Crippen molar-refractivity contribution in [1.82, 2.24) is 0 Å². The average molecular weight is 542 g/mol. The number of carbonyl (C=O) groups is 3. The van der Waals surface area contributed by atoms with Crippen LogP contribution in [0.2, 0.25) is 0 Å². The number of hydrogen-bond acceptors (Lipinski definition) is 7. The minimum absolute atomic E-state index is 0.0483. The number of hydroxylamine groups is 1. The summed E-state index contributed by atoms with van der Waals surface area (Å²) in [4.78, 5) is 43.8. The highest BCUT2D eigenvalue weighted by Crippen LogP contribution is 2.72. The molecule has 5 aliphatic rings. The fourth-order valence-corrected chi connectivity index (χ4v) is 8.88. The molecule has 39 heavy (non-hydrogen) atoms. The molecule has 0 spiro atoms. The van der Waals surface area contributed by atoms with Crippen molar-refractivity contribution in [2.45, 2.75) is 63.6 Å². The molecule has 3 saturated carbocycles. The number of rotatable bonds is 4. The van der Waals surface area contributed by atoms with Crippen LogP contribution in [0.5, 0.6) is 0 Å². The van der Waals surface area contributed by atoms with E-state index in [4.69, 9.17) is 4.84 Å². The van der Waals surface area contributed by atoms with Crippen molar-refractivity contribution >= 4 is 23.0 Å². The van der Waals surface area contributed by atoms with Crippen LogP contribution < -0.4 is 5.06 Å². The first-order valence-electron chi connectivity index (χ1n) is 13.5. The van der Waals surface area contributed by atoms with E-state index >= 15 is 8.78 Å². The van der Waals surface area contributed by atoms with Crippen LogP contribution in [0.25, 0.3) is 0 Å². The van der Waals surface area contributed by atoms with E-state index < -0.39 is 70.3 Å². The van der Waals surface area contributed by atoms with E-state index in [-0.39, 0.29) is 30.7 Å². The normalized spacial score (nSPS) is 44.3. The molecule has 0 radical (unpaired) electrons. The van der Waals surface area contributed by atoms with Gasteiger partial charge in [-0.1, -0.05) is 13.0 Å². The van der Waals surface area contributed by atoms with E-state index in [1.165, 1.54) is 19.1 Å². The minimum atomic E-state index is -2.26. The number of ketones is 3. The molecule has 0 bridgehead atoms. The Hall–Kier alpha value is -2.75. The molecule has 1 heterocycles. The lowest BCUT2D eigenvalue weighted by Gasteiger charge is -2.63. The summed E-state index contributed by atoms with van der Waals surface area (Å²) in [5.74, 6) is -2.95. The number of Topliss-reactive ketones (excluding diaryl/α,β-unsaturated/α-hetero) is 2. The zero-order chi connectivity index (χ0) is 28.1. The van der Waals surface area contributed by atoms with Crippen molar-refractivity contribution < 1.29 is 38.2 Å². The Balaban J connectivity index is 1.42. The third-order valence-corrected chi connectivity index (χ3v) is 10.7. The number of nitrogens with zero attached hydrogens (tertiary/aromatic N) is 1. The number of aliphatic hydroxyl groups excluding tert-OH is 2. The number of halogens is 2. The first-order chi connectivity index (χ1) is 18.3. The molecule has 0 aromatic heterocycles. The van der Waals surface area contributed by atoms with Gasteiger partial charge in [0.2, 0.25) is 0 Å². The maximum atomic E-state index is 17.4. The van der Waals surface area contributed by atoms with Crippen LogP contribution in [0.1, 0.15) is 50.4 Å². The van der Waals surface area contributed by atoms with Crippen LogP contribution in [0.15, 0.2) is 48.1 Å². The molecule has 1 aromatic rings. The second-order valence-corrected chi connectivity index (χ2v) is 12.4. The summed E-state index contributed by atoms with van der Waals surface area (Å²) in [6, 6.07) is 6.77. The summed E-state index contributed by atoms with van der Waals surface area (Å²) >= 11 is 0. The highest BCUT2D eigenvalue weighted by atomic mass is 19.1. The van der Waals surface area contributed by atoms with Gasteiger partial charge in [0.25, 0.3) is 0 Å². The molecule has 0 unspecified atom stereocenters. The molecule has 9 atom stereocenters. The molecule has 2 N–H and O–H groups in total. The Kier molecular flexibility index (Phi) is 5.69. The van der Waals surface area contributed by atoms with Gasteiger partial charge in [0.1, 0.15) is 12.8 Å². The molecule has 1 saturated heterocycles. The largest absolute Gasteiger partial charge is 0.390 e. The first-order valence-corrected chi connectivity index (χ1v) is 13.5. The zero-order valence-electron chi connectivity index (χ0n) is 22.2. The number of anilines is 1. The topological polar surface area (TPSA) is 104 Å². The molecule has 208 valence electrons. The fourth-order valence-electron chi connectivity index (χ4n) is 8.88. The van der Waals surface area contributed by atoms with Gasteiger partial charge >= 0.3 is 0 Å². The third-order valence-electron chi connectivity index (χ3n) is 10.7. The Morgan fingerprint density at radius 3 is 2.49 bits per heavy atom. The summed E-state index contributed by atoms with van der Waals surface area (Å²) in [5, 5.41) is 23.2. The third kappa shape index (κ3) is 3.15. The fraction of sp³-hybridized carbons (Fsp3) is 0.567. The van der Waals surface area contributed by atoms with Crippen LogP contribution in [0.4, 0.5) is 14.5 Å². The molecule has 0 amide bonds. The summed E-state index contributed by atoms with van der Waals surface area (Å²) in [7, 11) is 0. The van der Waals surface area contributed by atoms with Gasteiger partial charge in [-0.3, -0.25) is 24.3 Å². The summed E-state index contributed by atoms with van der Waals surface area (Å²) in [6.45, 7) is 4.28. The SMILES string of the molecule is CC(=O)c1ccc(N2C[C@@H]3C[C@H]4[C@@H]5C[C@H](F)C6=CC(=O)C=C[C@]6(C)[C@@]5(F)[C@@H](O)C[C@]4(C)[C@]3(C(=O)CO)O2)cc1. The van der Waals surface area contributed by atoms with Gasteiger partial charge in [-0.25, -0.2) is 8.78 Å². The molecule has 1 aromatic carbocycles. The molecule has 9 heteroatoms. The second-order valence-electron chi connectivity index (χ2n) is 12.4. The second kappa shape index (κ2) is 8.38. The van der Waals surface area contributed by atoms with Crippen molar-refractivity contribution in [3.8, 4) is 0 Å². The van der Waals surface area contributed by atoms with E-state index in [0.717, 1.165) is 6.08 Å². The number of carbonyl (C=O) groups excluding carboxylic acids is 3. The Morgan fingerprint density at radius 2 is 1.85 bits per heavy atom. The van der Waals surface area contributed by atoms with Crippen LogP contribution >= 0.6 is 0 Å². The number of benzene rings is 1. The first kappa shape index (κ1) is 26.5. The van der Waals surface area contributed by atoms with Gasteiger partial charge in [0.15, 0.2) is 28.6 Å². The Bertz CT molecular complexity index is 1330. The summed E-state index contributed by atoms with van der Waals surface area (Å²) in [5.41, 5.74) is -5.22. The van der Waals surface area contributed by atoms with Crippen molar-refractivity contribution in [2.75, 3.05) is 18.2 Å². The van der Waals surface area contributed by atoms with Crippen molar-refractivity contribution in [3.63, 3.8) is 0 Å². The monoisotopic (exact) mass is 541 g/mol. The van der Waals surface area contributed by atoms with Gasteiger partial charge in [0, 0.05) is 28.2 Å². The molecule has 7 nitrogen and oxygen atoms in total. The van der Waals surface area contributed by atoms with Crippen molar-refractivity contribution in [1.29, 1.82) is 0 Å². The minimum Gasteiger partial charge on any atom is -0.390 e. The van der Waals surface area contributed by atoms with Crippen LogP contribution in [0.3, 0.4) is 0 Å². The quantitative estimate of drug-likeness (QED) is 0.563. The van der Waals surface area contributed by atoms with E-state index in [1.54, 1.807) is 43.2 Å². The molecular formula is C30H33F2NO6. The van der Waals surface area contributed by atoms with E-state index in [1.807, 2.05) is 0 Å². The smallest absolute Gasteiger partial charge is 0.193 e. The highest BCUT2D eigenvalue weighted by molar-refractivity contribution is 6.01. The predicted molar refractivity (Wildman–Crippen MR) is 137 cm³/mol. The molecule has 4 fully saturated rings. The Labute approximate surface area is 225 Å². The summed E-state index contributed by atoms with van der Waals surface area (Å²) < 4.78 is 33.1. The molecule has 4 aliphatic carbocycles. The zero-order valence-corrected chi connectivity index (χ0v) is 22.2. The highest BCUT2D eigenvalue weighted by Gasteiger charge is 2.79. The van der Waals surface area contributed by atoms with Gasteiger partial charge in [-0.05, 0) is 81.0 Å². The average Bonchev–Trinajstić information content (AvgIpc) is 3.40. The summed E-state index contributed by atoms with van der Waals surface area (Å²) in [6.07, 6.45) is 0.626. The number of alkyl halides is 2. The number of aliphatic hydroxyl groups is 2. The lowest BCUT2D eigenvalue weighted by atomic mass is 9.44. The van der Waals surface area contributed by atoms with Crippen molar-refractivity contribution in [3.05, 3.63) is 53.6 Å². The van der Waals surface area contributed by atoms with E-state index in [2.05, 4.69) is 0 Å². The maximum absolute atomic E-state index is 17.4. The van der Waals surface area contributed by atoms with Crippen LogP contribution in [-0.4, -0.2) is 64.3 Å². The van der Waals surface area contributed by atoms with Crippen LogP contribution in [-0.2, 0) is 14.4 Å². The molecule has 6 rings (SSSR count). The lowest BCUT2D eigenvalue weighted by molar-refractivity contribution is -0.228. The Morgan fingerprint density at radius 1 is 1.15 bits per heavy atom. The lowest BCUT2D eigenvalue weighted by Crippen LogP contribution is -2.70. The molecular weight excluding hydrogens is 508 g/mol. The maximum Gasteiger partial charge on any atom is 0.193 e. The van der Waals surface area contributed by atoms with Gasteiger partial charge in [0.05, 0.1) is 18.3 Å². The van der Waals surface area contributed by atoms with Gasteiger partial charge in [-0.15, -0.1) is 0 Å². The van der Waals surface area contributed by atoms with Gasteiger partial charge in [-0.2, -0.15) is 0 Å². The van der Waals surface area contributed by atoms with Crippen molar-refractivity contribution in [2.24, 2.45) is 28.6 Å².